The minimum absolute atomic E-state index is 0.0538. The van der Waals surface area contributed by atoms with Crippen LogP contribution in [0, 0.1) is 5.92 Å². The Kier molecular flexibility index (Phi) is 7.03. The summed E-state index contributed by atoms with van der Waals surface area (Å²) in [5.41, 5.74) is 0. The zero-order valence-corrected chi connectivity index (χ0v) is 10.3. The SMILES string of the molecule is CCOC(OCC)C1CCCCCCC1. The molecule has 1 fully saturated rings. The molecule has 1 saturated carbocycles. The third-order valence-electron chi connectivity index (χ3n) is 3.20. The number of hydrogen-bond acceptors (Lipinski definition) is 2. The minimum Gasteiger partial charge on any atom is -0.353 e. The molecule has 15 heavy (non-hydrogen) atoms. The second-order valence-electron chi connectivity index (χ2n) is 4.38. The van der Waals surface area contributed by atoms with E-state index in [2.05, 4.69) is 13.8 Å². The quantitative estimate of drug-likeness (QED) is 0.649. The molecule has 0 aliphatic heterocycles. The second kappa shape index (κ2) is 8.12. The number of ether oxygens (including phenoxy) is 2. The molecule has 1 aliphatic carbocycles. The summed E-state index contributed by atoms with van der Waals surface area (Å²) < 4.78 is 11.4. The van der Waals surface area contributed by atoms with Gasteiger partial charge in [-0.25, -0.2) is 0 Å². The molecular weight excluding hydrogens is 188 g/mol. The van der Waals surface area contributed by atoms with Gasteiger partial charge in [0, 0.05) is 19.1 Å². The Morgan fingerprint density at radius 1 is 0.867 bits per heavy atom. The highest BCUT2D eigenvalue weighted by atomic mass is 16.7. The predicted octanol–water partition coefficient (Wildman–Crippen LogP) is 3.75. The average molecular weight is 214 g/mol. The predicted molar refractivity (Wildman–Crippen MR) is 62.8 cm³/mol. The van der Waals surface area contributed by atoms with E-state index in [1.54, 1.807) is 0 Å². The largest absolute Gasteiger partial charge is 0.353 e. The molecule has 0 spiro atoms. The smallest absolute Gasteiger partial charge is 0.160 e. The van der Waals surface area contributed by atoms with Crippen LogP contribution >= 0.6 is 0 Å². The monoisotopic (exact) mass is 214 g/mol. The molecule has 0 aromatic heterocycles. The van der Waals surface area contributed by atoms with E-state index in [1.807, 2.05) is 0 Å². The first-order chi connectivity index (χ1) is 7.38. The minimum atomic E-state index is 0.0538. The Bertz CT molecular complexity index is 133. The maximum absolute atomic E-state index is 5.70. The van der Waals surface area contributed by atoms with Gasteiger partial charge in [0.2, 0.25) is 0 Å². The molecule has 0 radical (unpaired) electrons. The van der Waals surface area contributed by atoms with Gasteiger partial charge in [0.15, 0.2) is 6.29 Å². The molecule has 0 saturated heterocycles. The van der Waals surface area contributed by atoms with Crippen LogP contribution in [0.3, 0.4) is 0 Å². The fraction of sp³-hybridized carbons (Fsp3) is 1.00. The van der Waals surface area contributed by atoms with Crippen molar-refractivity contribution in [2.24, 2.45) is 5.92 Å². The highest BCUT2D eigenvalue weighted by Gasteiger charge is 2.22. The normalized spacial score (nSPS) is 20.2. The van der Waals surface area contributed by atoms with E-state index in [0.29, 0.717) is 5.92 Å². The van der Waals surface area contributed by atoms with Crippen molar-refractivity contribution < 1.29 is 9.47 Å². The second-order valence-corrected chi connectivity index (χ2v) is 4.38. The summed E-state index contributed by atoms with van der Waals surface area (Å²) in [7, 11) is 0. The van der Waals surface area contributed by atoms with Gasteiger partial charge >= 0.3 is 0 Å². The van der Waals surface area contributed by atoms with Crippen LogP contribution in [0.4, 0.5) is 0 Å². The van der Waals surface area contributed by atoms with Crippen molar-refractivity contribution >= 4 is 0 Å². The van der Waals surface area contributed by atoms with E-state index < -0.39 is 0 Å². The Hall–Kier alpha value is -0.0800. The van der Waals surface area contributed by atoms with Crippen LogP contribution in [0.5, 0.6) is 0 Å². The first-order valence-corrected chi connectivity index (χ1v) is 6.61. The van der Waals surface area contributed by atoms with Gasteiger partial charge in [-0.2, -0.15) is 0 Å². The lowest BCUT2D eigenvalue weighted by Crippen LogP contribution is -2.28. The van der Waals surface area contributed by atoms with Gasteiger partial charge in [0.05, 0.1) is 0 Å². The van der Waals surface area contributed by atoms with Crippen LogP contribution in [0.2, 0.25) is 0 Å². The third-order valence-corrected chi connectivity index (χ3v) is 3.20. The van der Waals surface area contributed by atoms with Crippen molar-refractivity contribution in [1.29, 1.82) is 0 Å². The summed E-state index contributed by atoms with van der Waals surface area (Å²) in [6.45, 7) is 5.63. The van der Waals surface area contributed by atoms with Crippen LogP contribution in [0.25, 0.3) is 0 Å². The van der Waals surface area contributed by atoms with Crippen molar-refractivity contribution in [2.45, 2.75) is 65.1 Å². The molecule has 0 bridgehead atoms. The van der Waals surface area contributed by atoms with Gasteiger partial charge in [-0.3, -0.25) is 0 Å². The summed E-state index contributed by atoms with van der Waals surface area (Å²) in [6, 6.07) is 0. The van der Waals surface area contributed by atoms with Crippen molar-refractivity contribution in [3.63, 3.8) is 0 Å². The summed E-state index contributed by atoms with van der Waals surface area (Å²) in [4.78, 5) is 0. The molecule has 90 valence electrons. The summed E-state index contributed by atoms with van der Waals surface area (Å²) in [6.07, 6.45) is 9.51. The molecule has 2 heteroatoms. The lowest BCUT2D eigenvalue weighted by Gasteiger charge is -2.28. The lowest BCUT2D eigenvalue weighted by atomic mass is 9.90. The van der Waals surface area contributed by atoms with Crippen LogP contribution in [-0.2, 0) is 9.47 Å². The molecule has 1 aliphatic rings. The third kappa shape index (κ3) is 4.98. The number of rotatable bonds is 5. The van der Waals surface area contributed by atoms with Gasteiger partial charge in [-0.05, 0) is 26.7 Å². The summed E-state index contributed by atoms with van der Waals surface area (Å²) in [5.74, 6) is 0.630. The molecule has 1 rings (SSSR count). The van der Waals surface area contributed by atoms with E-state index in [-0.39, 0.29) is 6.29 Å². The lowest BCUT2D eigenvalue weighted by molar-refractivity contribution is -0.170. The molecule has 0 aromatic rings. The molecule has 0 amide bonds. The molecule has 0 aromatic carbocycles. The van der Waals surface area contributed by atoms with Crippen LogP contribution < -0.4 is 0 Å². The molecule has 0 unspecified atom stereocenters. The summed E-state index contributed by atoms with van der Waals surface area (Å²) >= 11 is 0. The van der Waals surface area contributed by atoms with E-state index >= 15 is 0 Å². The highest BCUT2D eigenvalue weighted by Crippen LogP contribution is 2.26. The first kappa shape index (κ1) is 13.0. The first-order valence-electron chi connectivity index (χ1n) is 6.61. The van der Waals surface area contributed by atoms with Crippen molar-refractivity contribution in [3.8, 4) is 0 Å². The molecule has 0 heterocycles. The van der Waals surface area contributed by atoms with Gasteiger partial charge in [-0.1, -0.05) is 32.1 Å². The van der Waals surface area contributed by atoms with Crippen molar-refractivity contribution in [1.82, 2.24) is 0 Å². The number of hydrogen-bond donors (Lipinski definition) is 0. The Morgan fingerprint density at radius 3 is 1.80 bits per heavy atom. The van der Waals surface area contributed by atoms with Crippen LogP contribution in [0.15, 0.2) is 0 Å². The summed E-state index contributed by atoms with van der Waals surface area (Å²) in [5, 5.41) is 0. The van der Waals surface area contributed by atoms with Crippen LogP contribution in [0.1, 0.15) is 58.8 Å². The van der Waals surface area contributed by atoms with Crippen LogP contribution in [-0.4, -0.2) is 19.5 Å². The van der Waals surface area contributed by atoms with E-state index in [9.17, 15) is 0 Å². The molecule has 0 atom stereocenters. The standard InChI is InChI=1S/C13H26O2/c1-3-14-13(15-4-2)12-10-8-6-5-7-9-11-12/h12-13H,3-11H2,1-2H3. The maximum atomic E-state index is 5.70. The maximum Gasteiger partial charge on any atom is 0.160 e. The Balaban J connectivity index is 2.38. The topological polar surface area (TPSA) is 18.5 Å². The zero-order valence-electron chi connectivity index (χ0n) is 10.3. The molecular formula is C13H26O2. The Morgan fingerprint density at radius 2 is 1.33 bits per heavy atom. The fourth-order valence-corrected chi connectivity index (χ4v) is 2.41. The fourth-order valence-electron chi connectivity index (χ4n) is 2.41. The van der Waals surface area contributed by atoms with E-state index in [0.717, 1.165) is 13.2 Å². The van der Waals surface area contributed by atoms with Gasteiger partial charge < -0.3 is 9.47 Å². The van der Waals surface area contributed by atoms with E-state index in [1.165, 1.54) is 44.9 Å². The van der Waals surface area contributed by atoms with Gasteiger partial charge in [-0.15, -0.1) is 0 Å². The van der Waals surface area contributed by atoms with E-state index in [4.69, 9.17) is 9.47 Å². The molecule has 2 nitrogen and oxygen atoms in total. The van der Waals surface area contributed by atoms with Crippen molar-refractivity contribution in [3.05, 3.63) is 0 Å². The Labute approximate surface area is 94.3 Å². The average Bonchev–Trinajstić information content (AvgIpc) is 2.17. The van der Waals surface area contributed by atoms with Crippen molar-refractivity contribution in [2.75, 3.05) is 13.2 Å². The highest BCUT2D eigenvalue weighted by molar-refractivity contribution is 4.67. The van der Waals surface area contributed by atoms with Gasteiger partial charge in [0.1, 0.15) is 0 Å². The zero-order chi connectivity index (χ0) is 10.9. The van der Waals surface area contributed by atoms with Gasteiger partial charge in [0.25, 0.3) is 0 Å². The molecule has 0 N–H and O–H groups in total.